The van der Waals surface area contributed by atoms with Crippen molar-refractivity contribution < 1.29 is 8.42 Å². The van der Waals surface area contributed by atoms with Crippen LogP contribution >= 0.6 is 12.6 Å². The zero-order valence-corrected chi connectivity index (χ0v) is 9.36. The molecule has 1 rings (SSSR count). The predicted molar refractivity (Wildman–Crippen MR) is 57.2 cm³/mol. The van der Waals surface area contributed by atoms with E-state index in [-0.39, 0.29) is 0 Å². The highest BCUT2D eigenvalue weighted by Crippen LogP contribution is 2.18. The second kappa shape index (κ2) is 4.15. The van der Waals surface area contributed by atoms with Gasteiger partial charge in [-0.1, -0.05) is 6.07 Å². The molecule has 2 nitrogen and oxygen atoms in total. The van der Waals surface area contributed by atoms with E-state index >= 15 is 0 Å². The first-order valence-electron chi connectivity index (χ1n) is 3.91. The Morgan fingerprint density at radius 1 is 1.23 bits per heavy atom. The van der Waals surface area contributed by atoms with Gasteiger partial charge in [-0.05, 0) is 36.6 Å². The Morgan fingerprint density at radius 3 is 2.23 bits per heavy atom. The van der Waals surface area contributed by atoms with E-state index in [1.807, 2.05) is 19.9 Å². The molecule has 4 heteroatoms. The van der Waals surface area contributed by atoms with Crippen molar-refractivity contribution in [2.45, 2.75) is 24.5 Å². The lowest BCUT2D eigenvalue weighted by Gasteiger charge is -2.05. The molecule has 0 atom stereocenters. The normalized spacial score (nSPS) is 10.8. The summed E-state index contributed by atoms with van der Waals surface area (Å²) in [5.74, 6) is 0.458. The van der Waals surface area contributed by atoms with Crippen molar-refractivity contribution in [2.24, 2.45) is 0 Å². The van der Waals surface area contributed by atoms with Crippen molar-refractivity contribution in [2.75, 3.05) is 0 Å². The van der Waals surface area contributed by atoms with Gasteiger partial charge in [0.2, 0.25) is 0 Å². The van der Waals surface area contributed by atoms with Gasteiger partial charge in [0.1, 0.15) is 0 Å². The molecule has 0 fully saturated rings. The average Bonchev–Trinajstić information content (AvgIpc) is 2.08. The van der Waals surface area contributed by atoms with Crippen molar-refractivity contribution >= 4 is 23.3 Å². The lowest BCUT2D eigenvalue weighted by atomic mass is 10.1. The van der Waals surface area contributed by atoms with E-state index < -0.39 is 10.7 Å². The third-order valence-corrected chi connectivity index (χ3v) is 3.21. The van der Waals surface area contributed by atoms with E-state index in [4.69, 9.17) is 0 Å². The average molecular weight is 216 g/mol. The number of benzene rings is 1. The quantitative estimate of drug-likeness (QED) is 0.738. The van der Waals surface area contributed by atoms with Crippen LogP contribution in [0.15, 0.2) is 17.0 Å². The number of hydrogen-bond donors (Lipinski definition) is 2. The van der Waals surface area contributed by atoms with E-state index in [1.54, 1.807) is 6.07 Å². The van der Waals surface area contributed by atoms with E-state index in [0.717, 1.165) is 16.7 Å². The minimum absolute atomic E-state index is 0.396. The summed E-state index contributed by atoms with van der Waals surface area (Å²) >= 11 is 4.09. The van der Waals surface area contributed by atoms with Crippen LogP contribution in [-0.2, 0) is 16.5 Å². The maximum Gasteiger partial charge on any atom is 0.168 e. The summed E-state index contributed by atoms with van der Waals surface area (Å²) in [6.07, 6.45) is 0. The molecule has 0 aliphatic rings. The SMILES string of the molecule is Cc1cc(CS)c([SH](=O)=O)cc1C. The summed E-state index contributed by atoms with van der Waals surface area (Å²) in [6, 6.07) is 3.58. The van der Waals surface area contributed by atoms with Crippen LogP contribution < -0.4 is 0 Å². The molecular formula is C9H12O2S2. The van der Waals surface area contributed by atoms with Crippen LogP contribution in [0.25, 0.3) is 0 Å². The molecular weight excluding hydrogens is 204 g/mol. The monoisotopic (exact) mass is 216 g/mol. The maximum atomic E-state index is 10.8. The minimum atomic E-state index is -2.50. The lowest BCUT2D eigenvalue weighted by Crippen LogP contribution is -1.93. The summed E-state index contributed by atoms with van der Waals surface area (Å²) in [5, 5.41) is 0. The molecule has 0 aliphatic heterocycles. The fourth-order valence-electron chi connectivity index (χ4n) is 1.16. The van der Waals surface area contributed by atoms with E-state index in [1.165, 1.54) is 0 Å². The van der Waals surface area contributed by atoms with Crippen molar-refractivity contribution in [3.05, 3.63) is 28.8 Å². The number of thiol groups is 2. The molecule has 0 unspecified atom stereocenters. The standard InChI is InChI=1S/C9H12O2S2/c1-6-3-8(5-12)9(13(10)11)4-7(6)2/h3-4,12-13H,5H2,1-2H3. The van der Waals surface area contributed by atoms with Gasteiger partial charge in [0.05, 0.1) is 4.90 Å². The molecule has 1 aromatic rings. The van der Waals surface area contributed by atoms with Crippen LogP contribution in [0.3, 0.4) is 0 Å². The Bertz CT molecular complexity index is 387. The zero-order valence-electron chi connectivity index (χ0n) is 7.57. The molecule has 0 aromatic heterocycles. The third kappa shape index (κ3) is 2.25. The highest BCUT2D eigenvalue weighted by atomic mass is 32.2. The Labute approximate surface area is 85.3 Å². The number of rotatable bonds is 2. The Hall–Kier alpha value is -0.480. The van der Waals surface area contributed by atoms with Gasteiger partial charge in [-0.2, -0.15) is 12.6 Å². The summed E-state index contributed by atoms with van der Waals surface area (Å²) in [6.45, 7) is 3.86. The topological polar surface area (TPSA) is 34.1 Å². The van der Waals surface area contributed by atoms with Crippen molar-refractivity contribution in [1.82, 2.24) is 0 Å². The molecule has 0 heterocycles. The number of aryl methyl sites for hydroxylation is 2. The smallest absolute Gasteiger partial charge is 0.168 e. The van der Waals surface area contributed by atoms with E-state index in [0.29, 0.717) is 10.6 Å². The van der Waals surface area contributed by atoms with Crippen LogP contribution in [0.2, 0.25) is 0 Å². The zero-order chi connectivity index (χ0) is 10.0. The molecule has 0 aliphatic carbocycles. The largest absolute Gasteiger partial charge is 0.227 e. The second-order valence-electron chi connectivity index (χ2n) is 2.98. The molecule has 1 aromatic carbocycles. The van der Waals surface area contributed by atoms with E-state index in [9.17, 15) is 8.42 Å². The first-order chi connectivity index (χ1) is 6.06. The molecule has 0 bridgehead atoms. The van der Waals surface area contributed by atoms with Crippen molar-refractivity contribution in [1.29, 1.82) is 0 Å². The molecule has 0 spiro atoms. The first-order valence-corrected chi connectivity index (χ1v) is 5.72. The van der Waals surface area contributed by atoms with Crippen LogP contribution in [-0.4, -0.2) is 8.42 Å². The Kier molecular flexibility index (Phi) is 3.39. The van der Waals surface area contributed by atoms with Crippen LogP contribution in [0.5, 0.6) is 0 Å². The summed E-state index contributed by atoms with van der Waals surface area (Å²) in [4.78, 5) is 0.396. The maximum absolute atomic E-state index is 10.8. The summed E-state index contributed by atoms with van der Waals surface area (Å²) in [7, 11) is -2.50. The molecule has 13 heavy (non-hydrogen) atoms. The summed E-state index contributed by atoms with van der Waals surface area (Å²) < 4.78 is 21.7. The fourth-order valence-corrected chi connectivity index (χ4v) is 2.22. The molecule has 0 radical (unpaired) electrons. The van der Waals surface area contributed by atoms with Gasteiger partial charge < -0.3 is 0 Å². The molecule has 0 saturated carbocycles. The molecule has 0 amide bonds. The third-order valence-electron chi connectivity index (χ3n) is 2.06. The van der Waals surface area contributed by atoms with Crippen LogP contribution in [0.4, 0.5) is 0 Å². The first kappa shape index (κ1) is 10.6. The van der Waals surface area contributed by atoms with Crippen molar-refractivity contribution in [3.63, 3.8) is 0 Å². The highest BCUT2D eigenvalue weighted by Gasteiger charge is 2.05. The fraction of sp³-hybridized carbons (Fsp3) is 0.333. The van der Waals surface area contributed by atoms with Gasteiger partial charge in [0.25, 0.3) is 0 Å². The Morgan fingerprint density at radius 2 is 1.77 bits per heavy atom. The predicted octanol–water partition coefficient (Wildman–Crippen LogP) is 1.70. The van der Waals surface area contributed by atoms with Gasteiger partial charge in [0, 0.05) is 5.75 Å². The molecule has 0 saturated heterocycles. The molecule has 0 N–H and O–H groups in total. The minimum Gasteiger partial charge on any atom is -0.227 e. The van der Waals surface area contributed by atoms with Crippen LogP contribution in [0.1, 0.15) is 16.7 Å². The van der Waals surface area contributed by atoms with Gasteiger partial charge in [-0.15, -0.1) is 0 Å². The van der Waals surface area contributed by atoms with Gasteiger partial charge in [-0.3, -0.25) is 0 Å². The molecule has 72 valence electrons. The Balaban J connectivity index is 3.41. The highest BCUT2D eigenvalue weighted by molar-refractivity contribution is 7.79. The van der Waals surface area contributed by atoms with Gasteiger partial charge >= 0.3 is 0 Å². The lowest BCUT2D eigenvalue weighted by molar-refractivity contribution is 0.614. The summed E-state index contributed by atoms with van der Waals surface area (Å²) in [5.41, 5.74) is 2.88. The van der Waals surface area contributed by atoms with Gasteiger partial charge in [-0.25, -0.2) is 8.42 Å². The van der Waals surface area contributed by atoms with Crippen molar-refractivity contribution in [3.8, 4) is 0 Å². The second-order valence-corrected chi connectivity index (χ2v) is 4.29. The van der Waals surface area contributed by atoms with Gasteiger partial charge in [0.15, 0.2) is 10.7 Å². The number of hydrogen-bond acceptors (Lipinski definition) is 3. The van der Waals surface area contributed by atoms with E-state index in [2.05, 4.69) is 12.6 Å². The van der Waals surface area contributed by atoms with Crippen LogP contribution in [0, 0.1) is 13.8 Å².